The normalized spacial score (nSPS) is 10.7. The van der Waals surface area contributed by atoms with Crippen LogP contribution in [0, 0.1) is 5.82 Å². The Balaban J connectivity index is 1.60. The van der Waals surface area contributed by atoms with Gasteiger partial charge >= 0.3 is 0 Å². The van der Waals surface area contributed by atoms with Crippen molar-refractivity contribution in [1.29, 1.82) is 0 Å². The van der Waals surface area contributed by atoms with Crippen LogP contribution < -0.4 is 10.6 Å². The highest BCUT2D eigenvalue weighted by Gasteiger charge is 2.09. The molecule has 140 valence electrons. The van der Waals surface area contributed by atoms with E-state index in [1.807, 2.05) is 31.2 Å². The SMILES string of the molecule is CCCNC(=O)c1cccc(CNCc2cn[nH]c2-c2ccc(F)cc2)c1. The van der Waals surface area contributed by atoms with Crippen molar-refractivity contribution < 1.29 is 9.18 Å². The average Bonchev–Trinajstić information content (AvgIpc) is 3.15. The van der Waals surface area contributed by atoms with Gasteiger partial charge in [0.05, 0.1) is 11.9 Å². The van der Waals surface area contributed by atoms with Crippen molar-refractivity contribution in [1.82, 2.24) is 20.8 Å². The van der Waals surface area contributed by atoms with Crippen molar-refractivity contribution in [2.75, 3.05) is 6.54 Å². The monoisotopic (exact) mass is 366 g/mol. The van der Waals surface area contributed by atoms with Crippen molar-refractivity contribution in [2.45, 2.75) is 26.4 Å². The summed E-state index contributed by atoms with van der Waals surface area (Å²) >= 11 is 0. The van der Waals surface area contributed by atoms with Crippen molar-refractivity contribution in [2.24, 2.45) is 0 Å². The van der Waals surface area contributed by atoms with Crippen molar-refractivity contribution in [3.05, 3.63) is 77.2 Å². The first kappa shape index (κ1) is 18.8. The number of carbonyl (C=O) groups excluding carboxylic acids is 1. The summed E-state index contributed by atoms with van der Waals surface area (Å²) in [6, 6.07) is 13.9. The zero-order valence-corrected chi connectivity index (χ0v) is 15.3. The molecule has 0 saturated heterocycles. The van der Waals surface area contributed by atoms with Gasteiger partial charge in [0, 0.05) is 36.3 Å². The number of nitrogens with one attached hydrogen (secondary N) is 3. The van der Waals surface area contributed by atoms with E-state index in [0.717, 1.165) is 28.8 Å². The molecule has 0 spiro atoms. The highest BCUT2D eigenvalue weighted by molar-refractivity contribution is 5.94. The molecule has 6 heteroatoms. The molecule has 0 aliphatic rings. The number of amides is 1. The van der Waals surface area contributed by atoms with Crippen LogP contribution in [-0.4, -0.2) is 22.6 Å². The molecule has 0 bridgehead atoms. The van der Waals surface area contributed by atoms with Crippen LogP contribution in [0.2, 0.25) is 0 Å². The van der Waals surface area contributed by atoms with Gasteiger partial charge in [-0.1, -0.05) is 19.1 Å². The third-order valence-electron chi connectivity index (χ3n) is 4.22. The second-order valence-electron chi connectivity index (χ2n) is 6.34. The van der Waals surface area contributed by atoms with E-state index in [2.05, 4.69) is 20.8 Å². The summed E-state index contributed by atoms with van der Waals surface area (Å²) in [6.07, 6.45) is 2.67. The minimum Gasteiger partial charge on any atom is -0.352 e. The topological polar surface area (TPSA) is 69.8 Å². The van der Waals surface area contributed by atoms with Gasteiger partial charge in [0.1, 0.15) is 5.82 Å². The van der Waals surface area contributed by atoms with Crippen LogP contribution in [0.5, 0.6) is 0 Å². The van der Waals surface area contributed by atoms with Gasteiger partial charge in [0.15, 0.2) is 0 Å². The fourth-order valence-corrected chi connectivity index (χ4v) is 2.82. The number of halogens is 1. The van der Waals surface area contributed by atoms with Gasteiger partial charge in [-0.2, -0.15) is 5.10 Å². The summed E-state index contributed by atoms with van der Waals surface area (Å²) in [4.78, 5) is 12.1. The second kappa shape index (κ2) is 9.09. The minimum atomic E-state index is -0.263. The van der Waals surface area contributed by atoms with Gasteiger partial charge in [-0.3, -0.25) is 9.89 Å². The Hall–Kier alpha value is -2.99. The van der Waals surface area contributed by atoms with Gasteiger partial charge in [-0.05, 0) is 48.4 Å². The minimum absolute atomic E-state index is 0.0490. The fraction of sp³-hybridized carbons (Fsp3) is 0.238. The van der Waals surface area contributed by atoms with Crippen LogP contribution in [0.15, 0.2) is 54.7 Å². The van der Waals surface area contributed by atoms with Crippen molar-refractivity contribution in [3.63, 3.8) is 0 Å². The van der Waals surface area contributed by atoms with E-state index in [1.165, 1.54) is 12.1 Å². The molecule has 0 aliphatic heterocycles. The summed E-state index contributed by atoms with van der Waals surface area (Å²) in [5, 5.41) is 13.3. The van der Waals surface area contributed by atoms with E-state index in [-0.39, 0.29) is 11.7 Å². The second-order valence-corrected chi connectivity index (χ2v) is 6.34. The summed E-state index contributed by atoms with van der Waals surface area (Å²) < 4.78 is 13.1. The molecular weight excluding hydrogens is 343 g/mol. The third kappa shape index (κ3) is 5.01. The first-order valence-corrected chi connectivity index (χ1v) is 9.03. The maximum Gasteiger partial charge on any atom is 0.251 e. The molecule has 27 heavy (non-hydrogen) atoms. The number of rotatable bonds is 8. The lowest BCUT2D eigenvalue weighted by Gasteiger charge is -2.08. The molecule has 1 aromatic heterocycles. The van der Waals surface area contributed by atoms with Crippen LogP contribution in [0.3, 0.4) is 0 Å². The lowest BCUT2D eigenvalue weighted by Crippen LogP contribution is -2.24. The van der Waals surface area contributed by atoms with E-state index >= 15 is 0 Å². The van der Waals surface area contributed by atoms with Gasteiger partial charge in [-0.25, -0.2) is 4.39 Å². The van der Waals surface area contributed by atoms with Gasteiger partial charge in [-0.15, -0.1) is 0 Å². The number of hydrogen-bond acceptors (Lipinski definition) is 3. The van der Waals surface area contributed by atoms with Gasteiger partial charge in [0.2, 0.25) is 0 Å². The van der Waals surface area contributed by atoms with Crippen molar-refractivity contribution >= 4 is 5.91 Å². The zero-order valence-electron chi connectivity index (χ0n) is 15.3. The fourth-order valence-electron chi connectivity index (χ4n) is 2.82. The standard InChI is InChI=1S/C21H23FN4O/c1-2-10-24-21(27)17-5-3-4-15(11-17)12-23-13-18-14-25-26-20(18)16-6-8-19(22)9-7-16/h3-9,11,14,23H,2,10,12-13H2,1H3,(H,24,27)(H,25,26). The van der Waals surface area contributed by atoms with Crippen LogP contribution in [0.25, 0.3) is 11.3 Å². The summed E-state index contributed by atoms with van der Waals surface area (Å²) in [5.41, 5.74) is 4.46. The van der Waals surface area contributed by atoms with Crippen LogP contribution >= 0.6 is 0 Å². The molecule has 0 unspecified atom stereocenters. The zero-order chi connectivity index (χ0) is 19.1. The molecule has 0 radical (unpaired) electrons. The van der Waals surface area contributed by atoms with Gasteiger partial charge < -0.3 is 10.6 Å². The highest BCUT2D eigenvalue weighted by atomic mass is 19.1. The number of H-pyrrole nitrogens is 1. The molecule has 0 atom stereocenters. The molecule has 2 aromatic carbocycles. The number of carbonyl (C=O) groups is 1. The number of nitrogens with zero attached hydrogens (tertiary/aromatic N) is 1. The van der Waals surface area contributed by atoms with Crippen LogP contribution in [0.1, 0.15) is 34.8 Å². The Bertz CT molecular complexity index is 889. The Morgan fingerprint density at radius 1 is 1.15 bits per heavy atom. The van der Waals surface area contributed by atoms with Crippen molar-refractivity contribution in [3.8, 4) is 11.3 Å². The molecule has 3 rings (SSSR count). The maximum absolute atomic E-state index is 13.1. The number of aromatic nitrogens is 2. The Kier molecular flexibility index (Phi) is 6.33. The summed E-state index contributed by atoms with van der Waals surface area (Å²) in [6.45, 7) is 3.93. The quantitative estimate of drug-likeness (QED) is 0.570. The first-order chi connectivity index (χ1) is 13.2. The van der Waals surface area contributed by atoms with Crippen LogP contribution in [0.4, 0.5) is 4.39 Å². The van der Waals surface area contributed by atoms with E-state index in [0.29, 0.717) is 25.2 Å². The Labute approximate surface area is 158 Å². The Morgan fingerprint density at radius 3 is 2.74 bits per heavy atom. The highest BCUT2D eigenvalue weighted by Crippen LogP contribution is 2.21. The summed E-state index contributed by atoms with van der Waals surface area (Å²) in [5.74, 6) is -0.312. The summed E-state index contributed by atoms with van der Waals surface area (Å²) in [7, 11) is 0. The smallest absolute Gasteiger partial charge is 0.251 e. The molecule has 3 aromatic rings. The lowest BCUT2D eigenvalue weighted by molar-refractivity contribution is 0.0953. The number of hydrogen-bond donors (Lipinski definition) is 3. The van der Waals surface area contributed by atoms with E-state index in [1.54, 1.807) is 18.3 Å². The predicted molar refractivity (Wildman–Crippen MR) is 104 cm³/mol. The number of benzene rings is 2. The molecule has 0 fully saturated rings. The number of aromatic amines is 1. The maximum atomic E-state index is 13.1. The van der Waals surface area contributed by atoms with E-state index in [4.69, 9.17) is 0 Å². The third-order valence-corrected chi connectivity index (χ3v) is 4.22. The van der Waals surface area contributed by atoms with Gasteiger partial charge in [0.25, 0.3) is 5.91 Å². The molecule has 1 amide bonds. The molecule has 3 N–H and O–H groups in total. The predicted octanol–water partition coefficient (Wildman–Crippen LogP) is 3.65. The molecular formula is C21H23FN4O. The average molecular weight is 366 g/mol. The molecule has 1 heterocycles. The first-order valence-electron chi connectivity index (χ1n) is 9.03. The molecule has 0 saturated carbocycles. The largest absolute Gasteiger partial charge is 0.352 e. The molecule has 0 aliphatic carbocycles. The lowest BCUT2D eigenvalue weighted by atomic mass is 10.1. The van der Waals surface area contributed by atoms with E-state index in [9.17, 15) is 9.18 Å². The van der Waals surface area contributed by atoms with Crippen LogP contribution in [-0.2, 0) is 13.1 Å². The van der Waals surface area contributed by atoms with E-state index < -0.39 is 0 Å². The Morgan fingerprint density at radius 2 is 1.96 bits per heavy atom. The molecule has 5 nitrogen and oxygen atoms in total.